The van der Waals surface area contributed by atoms with Gasteiger partial charge in [-0.2, -0.15) is 5.26 Å². The highest BCUT2D eigenvalue weighted by molar-refractivity contribution is 5.76. The SMILES string of the molecule is CC(C)NC(=O)CCN1CCN(c2ccccc2C#N)CC1. The molecule has 1 saturated heterocycles. The van der Waals surface area contributed by atoms with Crippen molar-refractivity contribution in [1.29, 1.82) is 5.26 Å². The molecule has 1 aromatic carbocycles. The van der Waals surface area contributed by atoms with Crippen LogP contribution in [0.25, 0.3) is 0 Å². The molecule has 118 valence electrons. The van der Waals surface area contributed by atoms with Gasteiger partial charge in [0.15, 0.2) is 0 Å². The first-order chi connectivity index (χ1) is 10.6. The Kier molecular flexibility index (Phi) is 5.79. The van der Waals surface area contributed by atoms with Crippen LogP contribution in [0.4, 0.5) is 5.69 Å². The third-order valence-electron chi connectivity index (χ3n) is 3.84. The minimum absolute atomic E-state index is 0.118. The van der Waals surface area contributed by atoms with Gasteiger partial charge in [0, 0.05) is 45.2 Å². The molecule has 1 aliphatic rings. The van der Waals surface area contributed by atoms with Gasteiger partial charge in [0.05, 0.1) is 11.3 Å². The average molecular weight is 300 g/mol. The van der Waals surface area contributed by atoms with E-state index in [1.807, 2.05) is 38.1 Å². The van der Waals surface area contributed by atoms with Gasteiger partial charge in [0.1, 0.15) is 6.07 Å². The van der Waals surface area contributed by atoms with E-state index < -0.39 is 0 Å². The maximum atomic E-state index is 11.7. The molecule has 5 nitrogen and oxygen atoms in total. The highest BCUT2D eigenvalue weighted by Crippen LogP contribution is 2.20. The fourth-order valence-electron chi connectivity index (χ4n) is 2.71. The quantitative estimate of drug-likeness (QED) is 0.897. The lowest BCUT2D eigenvalue weighted by Gasteiger charge is -2.36. The number of hydrogen-bond acceptors (Lipinski definition) is 4. The molecule has 5 heteroatoms. The molecule has 22 heavy (non-hydrogen) atoms. The lowest BCUT2D eigenvalue weighted by Crippen LogP contribution is -2.47. The first-order valence-corrected chi connectivity index (χ1v) is 7.86. The Morgan fingerprint density at radius 2 is 1.95 bits per heavy atom. The standard InChI is InChI=1S/C17H24N4O/c1-14(2)19-17(22)7-8-20-9-11-21(12-10-20)16-6-4-3-5-15(16)13-18/h3-6,14H,7-12H2,1-2H3,(H,19,22). The molecular formula is C17H24N4O. The Bertz CT molecular complexity index is 542. The Morgan fingerprint density at radius 1 is 1.27 bits per heavy atom. The molecule has 0 spiro atoms. The third-order valence-corrected chi connectivity index (χ3v) is 3.84. The number of nitriles is 1. The second kappa shape index (κ2) is 7.81. The molecule has 0 saturated carbocycles. The number of anilines is 1. The van der Waals surface area contributed by atoms with Crippen LogP contribution in [0.15, 0.2) is 24.3 Å². The van der Waals surface area contributed by atoms with E-state index in [4.69, 9.17) is 0 Å². The van der Waals surface area contributed by atoms with Crippen molar-refractivity contribution < 1.29 is 4.79 Å². The molecule has 1 aliphatic heterocycles. The lowest BCUT2D eigenvalue weighted by atomic mass is 10.1. The van der Waals surface area contributed by atoms with E-state index >= 15 is 0 Å². The van der Waals surface area contributed by atoms with Crippen LogP contribution >= 0.6 is 0 Å². The monoisotopic (exact) mass is 300 g/mol. The molecule has 1 aromatic rings. The van der Waals surface area contributed by atoms with Crippen LogP contribution in [0.2, 0.25) is 0 Å². The topological polar surface area (TPSA) is 59.4 Å². The van der Waals surface area contributed by atoms with Crippen molar-refractivity contribution in [3.05, 3.63) is 29.8 Å². The molecular weight excluding hydrogens is 276 g/mol. The Balaban J connectivity index is 1.81. The number of piperazine rings is 1. The smallest absolute Gasteiger partial charge is 0.221 e. The molecule has 1 heterocycles. The fraction of sp³-hybridized carbons (Fsp3) is 0.529. The van der Waals surface area contributed by atoms with Gasteiger partial charge in [-0.15, -0.1) is 0 Å². The average Bonchev–Trinajstić information content (AvgIpc) is 2.53. The van der Waals surface area contributed by atoms with E-state index in [1.165, 1.54) is 0 Å². The van der Waals surface area contributed by atoms with E-state index in [9.17, 15) is 10.1 Å². The van der Waals surface area contributed by atoms with Gasteiger partial charge in [-0.05, 0) is 26.0 Å². The molecule has 0 aliphatic carbocycles. The van der Waals surface area contributed by atoms with E-state index in [1.54, 1.807) is 0 Å². The van der Waals surface area contributed by atoms with E-state index in [0.717, 1.165) is 44.0 Å². The lowest BCUT2D eigenvalue weighted by molar-refractivity contribution is -0.121. The summed E-state index contributed by atoms with van der Waals surface area (Å²) >= 11 is 0. The number of rotatable bonds is 5. The Hall–Kier alpha value is -2.06. The predicted molar refractivity (Wildman–Crippen MR) is 87.7 cm³/mol. The van der Waals surface area contributed by atoms with Gasteiger partial charge >= 0.3 is 0 Å². The first-order valence-electron chi connectivity index (χ1n) is 7.86. The molecule has 1 amide bonds. The number of hydrogen-bond donors (Lipinski definition) is 1. The zero-order chi connectivity index (χ0) is 15.9. The number of amides is 1. The fourth-order valence-corrected chi connectivity index (χ4v) is 2.71. The summed E-state index contributed by atoms with van der Waals surface area (Å²) in [6.07, 6.45) is 0.549. The van der Waals surface area contributed by atoms with Crippen molar-refractivity contribution in [1.82, 2.24) is 10.2 Å². The Labute approximate surface area is 132 Å². The Morgan fingerprint density at radius 3 is 2.59 bits per heavy atom. The van der Waals surface area contributed by atoms with Crippen LogP contribution in [-0.4, -0.2) is 49.6 Å². The summed E-state index contributed by atoms with van der Waals surface area (Å²) in [5.74, 6) is 0.118. The number of carbonyl (C=O) groups is 1. The van der Waals surface area contributed by atoms with Crippen LogP contribution in [0.3, 0.4) is 0 Å². The number of nitrogens with zero attached hydrogens (tertiary/aromatic N) is 3. The third kappa shape index (κ3) is 4.47. The molecule has 2 rings (SSSR count). The van der Waals surface area contributed by atoms with Crippen LogP contribution in [-0.2, 0) is 4.79 Å². The van der Waals surface area contributed by atoms with E-state index in [0.29, 0.717) is 6.42 Å². The maximum Gasteiger partial charge on any atom is 0.221 e. The summed E-state index contributed by atoms with van der Waals surface area (Å²) in [5.41, 5.74) is 1.74. The van der Waals surface area contributed by atoms with Gasteiger partial charge in [0.2, 0.25) is 5.91 Å². The van der Waals surface area contributed by atoms with Crippen molar-refractivity contribution >= 4 is 11.6 Å². The van der Waals surface area contributed by atoms with E-state index in [2.05, 4.69) is 21.2 Å². The minimum atomic E-state index is 0.118. The molecule has 0 aromatic heterocycles. The summed E-state index contributed by atoms with van der Waals surface area (Å²) in [7, 11) is 0. The van der Waals surface area contributed by atoms with E-state index in [-0.39, 0.29) is 11.9 Å². The number of nitrogens with one attached hydrogen (secondary N) is 1. The second-order valence-corrected chi connectivity index (χ2v) is 5.93. The van der Waals surface area contributed by atoms with Crippen molar-refractivity contribution in [2.45, 2.75) is 26.3 Å². The number of carbonyl (C=O) groups excluding carboxylic acids is 1. The van der Waals surface area contributed by atoms with Crippen molar-refractivity contribution in [2.75, 3.05) is 37.6 Å². The maximum absolute atomic E-state index is 11.7. The first kappa shape index (κ1) is 16.3. The molecule has 0 unspecified atom stereocenters. The van der Waals surface area contributed by atoms with Crippen molar-refractivity contribution in [3.63, 3.8) is 0 Å². The van der Waals surface area contributed by atoms with Crippen LogP contribution < -0.4 is 10.2 Å². The summed E-state index contributed by atoms with van der Waals surface area (Å²) in [6.45, 7) is 8.39. The number of para-hydroxylation sites is 1. The molecule has 1 N–H and O–H groups in total. The van der Waals surface area contributed by atoms with Crippen LogP contribution in [0, 0.1) is 11.3 Å². The largest absolute Gasteiger partial charge is 0.368 e. The van der Waals surface area contributed by atoms with Gasteiger partial charge < -0.3 is 10.2 Å². The zero-order valence-electron chi connectivity index (χ0n) is 13.4. The van der Waals surface area contributed by atoms with Crippen LogP contribution in [0.5, 0.6) is 0 Å². The summed E-state index contributed by atoms with van der Waals surface area (Å²) in [6, 6.07) is 10.2. The molecule has 1 fully saturated rings. The molecule has 0 atom stereocenters. The van der Waals surface area contributed by atoms with Gasteiger partial charge in [-0.25, -0.2) is 0 Å². The van der Waals surface area contributed by atoms with Crippen LogP contribution in [0.1, 0.15) is 25.8 Å². The number of benzene rings is 1. The summed E-state index contributed by atoms with van der Waals surface area (Å²) in [4.78, 5) is 16.2. The van der Waals surface area contributed by atoms with Crippen molar-refractivity contribution in [2.24, 2.45) is 0 Å². The normalized spacial score (nSPS) is 15.6. The van der Waals surface area contributed by atoms with Gasteiger partial charge in [-0.3, -0.25) is 9.69 Å². The summed E-state index contributed by atoms with van der Waals surface area (Å²) in [5, 5.41) is 12.1. The summed E-state index contributed by atoms with van der Waals surface area (Å²) < 4.78 is 0. The van der Waals surface area contributed by atoms with Crippen molar-refractivity contribution in [3.8, 4) is 6.07 Å². The molecule has 0 bridgehead atoms. The highest BCUT2D eigenvalue weighted by atomic mass is 16.1. The van der Waals surface area contributed by atoms with Gasteiger partial charge in [-0.1, -0.05) is 12.1 Å². The minimum Gasteiger partial charge on any atom is -0.368 e. The zero-order valence-corrected chi connectivity index (χ0v) is 13.4. The highest BCUT2D eigenvalue weighted by Gasteiger charge is 2.19. The predicted octanol–water partition coefficient (Wildman–Crippen LogP) is 1.59. The molecule has 0 radical (unpaired) electrons. The van der Waals surface area contributed by atoms with Gasteiger partial charge in [0.25, 0.3) is 0 Å². The second-order valence-electron chi connectivity index (χ2n) is 5.93.